The maximum Gasteiger partial charge on any atom is 0.259 e. The minimum atomic E-state index is -0.259. The summed E-state index contributed by atoms with van der Waals surface area (Å²) in [5.74, 6) is 0.118. The Morgan fingerprint density at radius 1 is 1.07 bits per heavy atom. The van der Waals surface area contributed by atoms with Gasteiger partial charge in [-0.2, -0.15) is 14.9 Å². The maximum atomic E-state index is 12.8. The maximum absolute atomic E-state index is 12.8. The van der Waals surface area contributed by atoms with Gasteiger partial charge in [0.05, 0.1) is 35.4 Å². The number of carbonyl (C=O) groups excluding carboxylic acids is 1. The number of nitrogens with one attached hydrogen (secondary N) is 1. The summed E-state index contributed by atoms with van der Waals surface area (Å²) in [7, 11) is 0. The van der Waals surface area contributed by atoms with Crippen molar-refractivity contribution in [3.05, 3.63) is 55.1 Å². The third kappa shape index (κ3) is 2.94. The Bertz CT molecular complexity index is 1110. The van der Waals surface area contributed by atoms with Crippen LogP contribution in [0.1, 0.15) is 23.2 Å². The van der Waals surface area contributed by atoms with Gasteiger partial charge in [0.25, 0.3) is 11.9 Å². The molecule has 0 radical (unpaired) electrons. The van der Waals surface area contributed by atoms with Gasteiger partial charge >= 0.3 is 0 Å². The fraction of sp³-hybridized carbons (Fsp3) is 0.222. The van der Waals surface area contributed by atoms with E-state index in [4.69, 9.17) is 0 Å². The van der Waals surface area contributed by atoms with Gasteiger partial charge in [-0.25, -0.2) is 19.5 Å². The number of anilines is 2. The van der Waals surface area contributed by atoms with Crippen LogP contribution < -0.4 is 10.2 Å². The highest BCUT2D eigenvalue weighted by Crippen LogP contribution is 2.23. The first-order valence-electron chi connectivity index (χ1n) is 8.99. The zero-order valence-electron chi connectivity index (χ0n) is 14.9. The first-order chi connectivity index (χ1) is 13.8. The fourth-order valence-corrected chi connectivity index (χ4v) is 3.33. The largest absolute Gasteiger partial charge is 0.371 e. The predicted molar refractivity (Wildman–Crippen MR) is 102 cm³/mol. The van der Waals surface area contributed by atoms with Crippen LogP contribution in [0.2, 0.25) is 0 Å². The van der Waals surface area contributed by atoms with Crippen LogP contribution in [0.5, 0.6) is 0 Å². The number of carbonyl (C=O) groups is 1. The Labute approximate surface area is 159 Å². The smallest absolute Gasteiger partial charge is 0.259 e. The molecule has 0 spiro atoms. The number of hydrogen-bond acceptors (Lipinski definition) is 7. The molecule has 1 amide bonds. The van der Waals surface area contributed by atoms with E-state index in [1.807, 2.05) is 18.3 Å². The van der Waals surface area contributed by atoms with Crippen molar-refractivity contribution < 1.29 is 4.79 Å². The highest BCUT2D eigenvalue weighted by atomic mass is 16.1. The molecule has 5 heterocycles. The molecule has 0 bridgehead atoms. The van der Waals surface area contributed by atoms with E-state index in [1.54, 1.807) is 10.7 Å². The Balaban J connectivity index is 1.38. The second-order valence-corrected chi connectivity index (χ2v) is 6.53. The zero-order valence-corrected chi connectivity index (χ0v) is 14.9. The van der Waals surface area contributed by atoms with Crippen molar-refractivity contribution in [1.82, 2.24) is 34.3 Å². The lowest BCUT2D eigenvalue weighted by atomic mass is 10.2. The molecule has 140 valence electrons. The summed E-state index contributed by atoms with van der Waals surface area (Å²) < 4.78 is 3.15. The van der Waals surface area contributed by atoms with Crippen molar-refractivity contribution in [2.45, 2.75) is 12.8 Å². The molecule has 0 aliphatic carbocycles. The monoisotopic (exact) mass is 375 g/mol. The van der Waals surface area contributed by atoms with Crippen LogP contribution in [-0.4, -0.2) is 53.3 Å². The summed E-state index contributed by atoms with van der Waals surface area (Å²) in [6.07, 6.45) is 11.8. The zero-order chi connectivity index (χ0) is 18.9. The van der Waals surface area contributed by atoms with Crippen LogP contribution in [0.15, 0.2) is 49.6 Å². The third-order valence-corrected chi connectivity index (χ3v) is 4.74. The van der Waals surface area contributed by atoms with Crippen molar-refractivity contribution in [3.8, 4) is 5.95 Å². The van der Waals surface area contributed by atoms with E-state index >= 15 is 0 Å². The highest BCUT2D eigenvalue weighted by Gasteiger charge is 2.17. The van der Waals surface area contributed by atoms with Gasteiger partial charge in [-0.05, 0) is 25.0 Å². The van der Waals surface area contributed by atoms with Gasteiger partial charge in [0.2, 0.25) is 0 Å². The molecule has 1 aliphatic rings. The molecule has 1 saturated heterocycles. The Kier molecular flexibility index (Phi) is 3.93. The van der Waals surface area contributed by atoms with Gasteiger partial charge in [0.15, 0.2) is 0 Å². The number of hydrogen-bond donors (Lipinski definition) is 1. The van der Waals surface area contributed by atoms with Crippen LogP contribution in [0, 0.1) is 0 Å². The molecule has 4 aromatic rings. The fourth-order valence-electron chi connectivity index (χ4n) is 3.33. The molecular formula is C18H17N9O. The molecule has 4 aromatic heterocycles. The molecule has 28 heavy (non-hydrogen) atoms. The number of amides is 1. The van der Waals surface area contributed by atoms with E-state index in [0.717, 1.165) is 24.3 Å². The van der Waals surface area contributed by atoms with Gasteiger partial charge in [-0.15, -0.1) is 0 Å². The standard InChI is InChI=1S/C18H17N9O/c28-17(24-13-8-20-18(21-9-13)27-12-19-11-23-27)15-10-22-26-6-3-14(7-16(15)26)25-4-1-2-5-25/h3,6-12H,1-2,4-5H2,(H,24,28). The average Bonchev–Trinajstić information content (AvgIpc) is 3.49. The molecular weight excluding hydrogens is 358 g/mol. The van der Waals surface area contributed by atoms with Gasteiger partial charge in [-0.1, -0.05) is 0 Å². The van der Waals surface area contributed by atoms with Crippen LogP contribution >= 0.6 is 0 Å². The number of aromatic nitrogens is 7. The van der Waals surface area contributed by atoms with E-state index in [0.29, 0.717) is 17.2 Å². The van der Waals surface area contributed by atoms with Crippen LogP contribution in [0.25, 0.3) is 11.5 Å². The van der Waals surface area contributed by atoms with Crippen molar-refractivity contribution in [2.75, 3.05) is 23.3 Å². The first kappa shape index (κ1) is 16.4. The average molecular weight is 375 g/mol. The summed E-state index contributed by atoms with van der Waals surface area (Å²) >= 11 is 0. The van der Waals surface area contributed by atoms with E-state index in [2.05, 4.69) is 35.4 Å². The Morgan fingerprint density at radius 3 is 2.64 bits per heavy atom. The quantitative estimate of drug-likeness (QED) is 0.577. The van der Waals surface area contributed by atoms with Gasteiger partial charge in [0, 0.05) is 25.0 Å². The van der Waals surface area contributed by atoms with E-state index in [-0.39, 0.29) is 5.91 Å². The molecule has 1 aliphatic heterocycles. The third-order valence-electron chi connectivity index (χ3n) is 4.74. The lowest BCUT2D eigenvalue weighted by molar-refractivity contribution is 0.102. The van der Waals surface area contributed by atoms with Crippen LogP contribution in [-0.2, 0) is 0 Å². The van der Waals surface area contributed by atoms with Gasteiger partial charge in [0.1, 0.15) is 12.7 Å². The van der Waals surface area contributed by atoms with Crippen molar-refractivity contribution >= 4 is 22.8 Å². The highest BCUT2D eigenvalue weighted by molar-refractivity contribution is 6.08. The summed E-state index contributed by atoms with van der Waals surface area (Å²) in [5.41, 5.74) is 2.87. The summed E-state index contributed by atoms with van der Waals surface area (Å²) in [6, 6.07) is 4.04. The molecule has 10 nitrogen and oxygen atoms in total. The molecule has 5 rings (SSSR count). The molecule has 10 heteroatoms. The Morgan fingerprint density at radius 2 is 1.89 bits per heavy atom. The van der Waals surface area contributed by atoms with Crippen molar-refractivity contribution in [2.24, 2.45) is 0 Å². The second-order valence-electron chi connectivity index (χ2n) is 6.53. The van der Waals surface area contributed by atoms with E-state index in [1.165, 1.54) is 42.6 Å². The molecule has 0 unspecified atom stereocenters. The summed E-state index contributed by atoms with van der Waals surface area (Å²) in [5, 5.41) is 11.1. The van der Waals surface area contributed by atoms with Crippen LogP contribution in [0.3, 0.4) is 0 Å². The molecule has 0 aromatic carbocycles. The second kappa shape index (κ2) is 6.72. The molecule has 0 saturated carbocycles. The Hall–Kier alpha value is -3.82. The van der Waals surface area contributed by atoms with Crippen LogP contribution in [0.4, 0.5) is 11.4 Å². The molecule has 1 N–H and O–H groups in total. The minimum absolute atomic E-state index is 0.259. The lowest BCUT2D eigenvalue weighted by Crippen LogP contribution is -2.18. The SMILES string of the molecule is O=C(Nc1cnc(-n2cncn2)nc1)c1cnn2ccc(N3CCCC3)cc12. The van der Waals surface area contributed by atoms with Crippen molar-refractivity contribution in [1.29, 1.82) is 0 Å². The topological polar surface area (TPSA) is 106 Å². The molecule has 0 atom stereocenters. The van der Waals surface area contributed by atoms with Gasteiger partial charge < -0.3 is 10.2 Å². The number of rotatable bonds is 4. The minimum Gasteiger partial charge on any atom is -0.371 e. The van der Waals surface area contributed by atoms with Crippen molar-refractivity contribution in [3.63, 3.8) is 0 Å². The van der Waals surface area contributed by atoms with E-state index < -0.39 is 0 Å². The normalized spacial score (nSPS) is 13.9. The summed E-state index contributed by atoms with van der Waals surface area (Å²) in [4.78, 5) is 27.3. The van der Waals surface area contributed by atoms with E-state index in [9.17, 15) is 4.79 Å². The van der Waals surface area contributed by atoms with Gasteiger partial charge in [-0.3, -0.25) is 4.79 Å². The number of pyridine rings is 1. The number of nitrogens with zero attached hydrogens (tertiary/aromatic N) is 8. The molecule has 1 fully saturated rings. The number of fused-ring (bicyclic) bond motifs is 1. The first-order valence-corrected chi connectivity index (χ1v) is 8.99. The lowest BCUT2D eigenvalue weighted by Gasteiger charge is -2.17. The summed E-state index contributed by atoms with van der Waals surface area (Å²) in [6.45, 7) is 2.09. The predicted octanol–water partition coefficient (Wildman–Crippen LogP) is 1.56.